The lowest BCUT2D eigenvalue weighted by molar-refractivity contribution is -0.133. The van der Waals surface area contributed by atoms with Crippen molar-refractivity contribution < 1.29 is 9.59 Å². The standard InChI is InChI=1S/C8H15N3O2/c1-8(2,7(9)13)11-6(12)5-3-10-4-5/h5,10H,3-4H2,1-2H3,(H2,9,13)(H,11,12). The van der Waals surface area contributed by atoms with Crippen molar-refractivity contribution in [1.29, 1.82) is 0 Å². The van der Waals surface area contributed by atoms with Gasteiger partial charge in [0.1, 0.15) is 5.54 Å². The maximum Gasteiger partial charge on any atom is 0.242 e. The van der Waals surface area contributed by atoms with Crippen molar-refractivity contribution in [1.82, 2.24) is 10.6 Å². The van der Waals surface area contributed by atoms with E-state index < -0.39 is 11.4 Å². The van der Waals surface area contributed by atoms with Gasteiger partial charge in [0, 0.05) is 13.1 Å². The Labute approximate surface area is 77.1 Å². The van der Waals surface area contributed by atoms with Crippen LogP contribution in [0.2, 0.25) is 0 Å². The molecule has 74 valence electrons. The van der Waals surface area contributed by atoms with Crippen LogP contribution in [0.15, 0.2) is 0 Å². The number of hydrogen-bond donors (Lipinski definition) is 3. The van der Waals surface area contributed by atoms with Crippen LogP contribution in [0.1, 0.15) is 13.8 Å². The molecule has 0 aromatic heterocycles. The van der Waals surface area contributed by atoms with E-state index in [1.165, 1.54) is 0 Å². The van der Waals surface area contributed by atoms with Crippen LogP contribution in [0.4, 0.5) is 0 Å². The van der Waals surface area contributed by atoms with Gasteiger partial charge < -0.3 is 16.4 Å². The van der Waals surface area contributed by atoms with Gasteiger partial charge in [-0.2, -0.15) is 0 Å². The summed E-state index contributed by atoms with van der Waals surface area (Å²) in [4.78, 5) is 22.3. The number of hydrogen-bond acceptors (Lipinski definition) is 3. The molecule has 0 saturated carbocycles. The maximum absolute atomic E-state index is 11.4. The molecular weight excluding hydrogens is 170 g/mol. The molecule has 1 aliphatic heterocycles. The number of nitrogens with one attached hydrogen (secondary N) is 2. The van der Waals surface area contributed by atoms with E-state index in [9.17, 15) is 9.59 Å². The maximum atomic E-state index is 11.4. The lowest BCUT2D eigenvalue weighted by atomic mass is 9.99. The van der Waals surface area contributed by atoms with Gasteiger partial charge in [-0.05, 0) is 13.8 Å². The van der Waals surface area contributed by atoms with Gasteiger partial charge in [-0.15, -0.1) is 0 Å². The lowest BCUT2D eigenvalue weighted by Gasteiger charge is -2.30. The Balaban J connectivity index is 2.46. The van der Waals surface area contributed by atoms with Gasteiger partial charge in [-0.1, -0.05) is 0 Å². The van der Waals surface area contributed by atoms with E-state index in [0.717, 1.165) is 0 Å². The molecular formula is C8H15N3O2. The summed E-state index contributed by atoms with van der Waals surface area (Å²) in [6.45, 7) is 4.56. The molecule has 13 heavy (non-hydrogen) atoms. The number of primary amides is 1. The van der Waals surface area contributed by atoms with Crippen molar-refractivity contribution in [2.24, 2.45) is 11.7 Å². The molecule has 0 aliphatic carbocycles. The minimum atomic E-state index is -0.952. The normalized spacial score (nSPS) is 17.7. The van der Waals surface area contributed by atoms with E-state index in [2.05, 4.69) is 10.6 Å². The van der Waals surface area contributed by atoms with Crippen LogP contribution in [0.25, 0.3) is 0 Å². The molecule has 0 bridgehead atoms. The minimum Gasteiger partial charge on any atom is -0.368 e. The molecule has 5 heteroatoms. The Bertz CT molecular complexity index is 234. The average Bonchev–Trinajstić information content (AvgIpc) is 1.80. The summed E-state index contributed by atoms with van der Waals surface area (Å²) in [5.41, 5.74) is 4.16. The summed E-state index contributed by atoms with van der Waals surface area (Å²) in [6.07, 6.45) is 0. The van der Waals surface area contributed by atoms with E-state index in [4.69, 9.17) is 5.73 Å². The molecule has 0 radical (unpaired) electrons. The monoisotopic (exact) mass is 185 g/mol. The summed E-state index contributed by atoms with van der Waals surface area (Å²) in [7, 11) is 0. The predicted octanol–water partition coefficient (Wildman–Crippen LogP) is -1.41. The fraction of sp³-hybridized carbons (Fsp3) is 0.750. The third-order valence-electron chi connectivity index (χ3n) is 2.20. The Hall–Kier alpha value is -1.10. The summed E-state index contributed by atoms with van der Waals surface area (Å²) < 4.78 is 0. The van der Waals surface area contributed by atoms with Gasteiger partial charge in [0.15, 0.2) is 0 Å². The van der Waals surface area contributed by atoms with Gasteiger partial charge in [-0.25, -0.2) is 0 Å². The molecule has 4 N–H and O–H groups in total. The fourth-order valence-corrected chi connectivity index (χ4v) is 0.946. The molecule has 1 saturated heterocycles. The van der Waals surface area contributed by atoms with Crippen molar-refractivity contribution in [3.8, 4) is 0 Å². The first kappa shape index (κ1) is 9.98. The fourth-order valence-electron chi connectivity index (χ4n) is 0.946. The van der Waals surface area contributed by atoms with Crippen molar-refractivity contribution in [3.05, 3.63) is 0 Å². The quantitative estimate of drug-likeness (QED) is 0.505. The Morgan fingerprint density at radius 3 is 2.31 bits per heavy atom. The highest BCUT2D eigenvalue weighted by Gasteiger charge is 2.32. The molecule has 1 rings (SSSR count). The third-order valence-corrected chi connectivity index (χ3v) is 2.20. The van der Waals surface area contributed by atoms with Crippen molar-refractivity contribution in [2.75, 3.05) is 13.1 Å². The van der Waals surface area contributed by atoms with E-state index in [-0.39, 0.29) is 11.8 Å². The van der Waals surface area contributed by atoms with Crippen LogP contribution < -0.4 is 16.4 Å². The second-order valence-electron chi connectivity index (χ2n) is 3.83. The molecule has 1 aliphatic rings. The van der Waals surface area contributed by atoms with Crippen molar-refractivity contribution >= 4 is 11.8 Å². The molecule has 1 fully saturated rings. The molecule has 0 aromatic rings. The first-order valence-corrected chi connectivity index (χ1v) is 4.26. The average molecular weight is 185 g/mol. The van der Waals surface area contributed by atoms with Crippen molar-refractivity contribution in [2.45, 2.75) is 19.4 Å². The van der Waals surface area contributed by atoms with Gasteiger partial charge in [-0.3, -0.25) is 9.59 Å². The van der Waals surface area contributed by atoms with Gasteiger partial charge in [0.25, 0.3) is 0 Å². The first-order valence-electron chi connectivity index (χ1n) is 4.26. The second-order valence-corrected chi connectivity index (χ2v) is 3.83. The van der Waals surface area contributed by atoms with Gasteiger partial charge >= 0.3 is 0 Å². The highest BCUT2D eigenvalue weighted by molar-refractivity contribution is 5.90. The third kappa shape index (κ3) is 2.18. The van der Waals surface area contributed by atoms with Crippen LogP contribution in [0, 0.1) is 5.92 Å². The molecule has 0 aromatic carbocycles. The summed E-state index contributed by atoms with van der Waals surface area (Å²) in [6, 6.07) is 0. The molecule has 2 amide bonds. The topological polar surface area (TPSA) is 84.2 Å². The Kier molecular flexibility index (Phi) is 2.56. The van der Waals surface area contributed by atoms with E-state index in [1.54, 1.807) is 13.8 Å². The van der Waals surface area contributed by atoms with Gasteiger partial charge in [0.2, 0.25) is 11.8 Å². The zero-order chi connectivity index (χ0) is 10.1. The predicted molar refractivity (Wildman–Crippen MR) is 47.8 cm³/mol. The molecule has 1 heterocycles. The second kappa shape index (κ2) is 3.33. The van der Waals surface area contributed by atoms with Crippen LogP contribution in [0.5, 0.6) is 0 Å². The Morgan fingerprint density at radius 2 is 2.00 bits per heavy atom. The zero-order valence-corrected chi connectivity index (χ0v) is 7.89. The molecule has 5 nitrogen and oxygen atoms in total. The number of amides is 2. The van der Waals surface area contributed by atoms with Gasteiger partial charge in [0.05, 0.1) is 5.92 Å². The van der Waals surface area contributed by atoms with Crippen LogP contribution in [-0.4, -0.2) is 30.4 Å². The highest BCUT2D eigenvalue weighted by atomic mass is 16.2. The molecule has 0 unspecified atom stereocenters. The summed E-state index contributed by atoms with van der Waals surface area (Å²) >= 11 is 0. The number of carbonyl (C=O) groups excluding carboxylic acids is 2. The molecule has 0 spiro atoms. The Morgan fingerprint density at radius 1 is 1.46 bits per heavy atom. The van der Waals surface area contributed by atoms with Crippen LogP contribution in [-0.2, 0) is 9.59 Å². The van der Waals surface area contributed by atoms with Crippen LogP contribution in [0.3, 0.4) is 0 Å². The van der Waals surface area contributed by atoms with E-state index in [0.29, 0.717) is 13.1 Å². The minimum absolute atomic E-state index is 0.0152. The smallest absolute Gasteiger partial charge is 0.242 e. The van der Waals surface area contributed by atoms with E-state index in [1.807, 2.05) is 0 Å². The summed E-state index contributed by atoms with van der Waals surface area (Å²) in [5.74, 6) is -0.644. The lowest BCUT2D eigenvalue weighted by Crippen LogP contribution is -2.59. The SMILES string of the molecule is CC(C)(NC(=O)C1CNC1)C(N)=O. The number of nitrogens with two attached hydrogens (primary N) is 1. The zero-order valence-electron chi connectivity index (χ0n) is 7.89. The molecule has 0 atom stereocenters. The number of rotatable bonds is 3. The highest BCUT2D eigenvalue weighted by Crippen LogP contribution is 2.07. The summed E-state index contributed by atoms with van der Waals surface area (Å²) in [5, 5.41) is 5.58. The largest absolute Gasteiger partial charge is 0.368 e. The van der Waals surface area contributed by atoms with E-state index >= 15 is 0 Å². The van der Waals surface area contributed by atoms with Crippen molar-refractivity contribution in [3.63, 3.8) is 0 Å². The number of carbonyl (C=O) groups is 2. The first-order chi connectivity index (χ1) is 5.93. The van der Waals surface area contributed by atoms with Crippen LogP contribution >= 0.6 is 0 Å².